The molecule has 2 aromatic rings. The van der Waals surface area contributed by atoms with Crippen LogP contribution < -0.4 is 4.90 Å². The van der Waals surface area contributed by atoms with Crippen LogP contribution in [0.2, 0.25) is 5.02 Å². The highest BCUT2D eigenvalue weighted by Crippen LogP contribution is 2.27. The van der Waals surface area contributed by atoms with Gasteiger partial charge in [-0.3, -0.25) is 4.79 Å². The highest BCUT2D eigenvalue weighted by molar-refractivity contribution is 6.35. The summed E-state index contributed by atoms with van der Waals surface area (Å²) in [7, 11) is 0. The molecule has 0 bridgehead atoms. The largest absolute Gasteiger partial charge is 0.368 e. The number of nitrogens with one attached hydrogen (secondary N) is 1. The number of halogens is 1. The van der Waals surface area contributed by atoms with E-state index >= 15 is 0 Å². The van der Waals surface area contributed by atoms with E-state index in [0.29, 0.717) is 18.2 Å². The molecular weight excluding hydrogens is 328 g/mol. The van der Waals surface area contributed by atoms with Gasteiger partial charge in [-0.05, 0) is 25.3 Å². The Morgan fingerprint density at radius 2 is 2.21 bits per heavy atom. The predicted molar refractivity (Wildman–Crippen MR) is 93.5 cm³/mol. The second-order valence-corrected chi connectivity index (χ2v) is 6.78. The number of anilines is 1. The fourth-order valence-electron chi connectivity index (χ4n) is 3.49. The maximum absolute atomic E-state index is 12.5. The third kappa shape index (κ3) is 2.96. The van der Waals surface area contributed by atoms with Crippen molar-refractivity contribution >= 4 is 34.4 Å². The van der Waals surface area contributed by atoms with E-state index in [9.17, 15) is 4.79 Å². The van der Waals surface area contributed by atoms with E-state index in [2.05, 4.69) is 14.9 Å². The van der Waals surface area contributed by atoms with Crippen LogP contribution in [-0.4, -0.2) is 59.7 Å². The molecule has 0 saturated carbocycles. The van der Waals surface area contributed by atoms with Crippen molar-refractivity contribution in [1.29, 1.82) is 0 Å². The average Bonchev–Trinajstić information content (AvgIpc) is 3.21. The maximum atomic E-state index is 12.5. The van der Waals surface area contributed by atoms with Crippen molar-refractivity contribution in [2.45, 2.75) is 25.4 Å². The molecule has 7 heteroatoms. The van der Waals surface area contributed by atoms with Crippen LogP contribution >= 0.6 is 11.6 Å². The van der Waals surface area contributed by atoms with E-state index in [4.69, 9.17) is 16.3 Å². The maximum Gasteiger partial charge on any atom is 0.251 e. The van der Waals surface area contributed by atoms with Gasteiger partial charge in [0.05, 0.1) is 5.02 Å². The van der Waals surface area contributed by atoms with Gasteiger partial charge in [0.2, 0.25) is 0 Å². The van der Waals surface area contributed by atoms with E-state index in [-0.39, 0.29) is 12.0 Å². The zero-order valence-electron chi connectivity index (χ0n) is 13.5. The van der Waals surface area contributed by atoms with Crippen LogP contribution in [0.25, 0.3) is 11.0 Å². The molecule has 0 aliphatic carbocycles. The minimum Gasteiger partial charge on any atom is -0.368 e. The van der Waals surface area contributed by atoms with Gasteiger partial charge in [0.25, 0.3) is 5.91 Å². The standard InChI is InChI=1S/C17H21ClN4O2/c18-13-11-15(20-16-12(13)4-5-19-16)21-6-2-7-22(9-8-21)17(23)14-3-1-10-24-14/h4-5,11,14H,1-3,6-10H2,(H,19,20)/t14-/m0/s1. The molecule has 0 spiro atoms. The van der Waals surface area contributed by atoms with Crippen LogP contribution in [0, 0.1) is 0 Å². The Balaban J connectivity index is 1.48. The summed E-state index contributed by atoms with van der Waals surface area (Å²) in [5.74, 6) is 1.00. The summed E-state index contributed by atoms with van der Waals surface area (Å²) in [4.78, 5) is 24.5. The number of hydrogen-bond acceptors (Lipinski definition) is 4. The summed E-state index contributed by atoms with van der Waals surface area (Å²) in [6.07, 6.45) is 4.35. The fraction of sp³-hybridized carbons (Fsp3) is 0.529. The summed E-state index contributed by atoms with van der Waals surface area (Å²) >= 11 is 6.36. The molecule has 4 heterocycles. The minimum absolute atomic E-state index is 0.139. The molecule has 2 fully saturated rings. The van der Waals surface area contributed by atoms with E-state index in [1.807, 2.05) is 23.2 Å². The lowest BCUT2D eigenvalue weighted by Gasteiger charge is -2.24. The molecular formula is C17H21ClN4O2. The van der Waals surface area contributed by atoms with Crippen LogP contribution in [0.1, 0.15) is 19.3 Å². The minimum atomic E-state index is -0.237. The van der Waals surface area contributed by atoms with Crippen molar-refractivity contribution in [3.05, 3.63) is 23.4 Å². The Kier molecular flexibility index (Phi) is 4.33. The van der Waals surface area contributed by atoms with Crippen LogP contribution in [0.5, 0.6) is 0 Å². The third-order valence-electron chi connectivity index (χ3n) is 4.80. The van der Waals surface area contributed by atoms with Gasteiger partial charge in [-0.2, -0.15) is 0 Å². The number of H-pyrrole nitrogens is 1. The van der Waals surface area contributed by atoms with E-state index < -0.39 is 0 Å². The van der Waals surface area contributed by atoms with Crippen LogP contribution in [0.3, 0.4) is 0 Å². The van der Waals surface area contributed by atoms with Crippen molar-refractivity contribution < 1.29 is 9.53 Å². The molecule has 2 aliphatic rings. The molecule has 2 aliphatic heterocycles. The normalized spacial score (nSPS) is 22.1. The molecule has 2 aromatic heterocycles. The fourth-order valence-corrected chi connectivity index (χ4v) is 3.74. The topological polar surface area (TPSA) is 61.5 Å². The highest BCUT2D eigenvalue weighted by atomic mass is 35.5. The molecule has 0 aromatic carbocycles. The van der Waals surface area contributed by atoms with Crippen molar-refractivity contribution in [2.75, 3.05) is 37.7 Å². The average molecular weight is 349 g/mol. The lowest BCUT2D eigenvalue weighted by Crippen LogP contribution is -2.41. The quantitative estimate of drug-likeness (QED) is 0.905. The molecule has 1 amide bonds. The Morgan fingerprint density at radius 1 is 1.29 bits per heavy atom. The number of fused-ring (bicyclic) bond motifs is 1. The number of carbonyl (C=O) groups is 1. The van der Waals surface area contributed by atoms with Gasteiger partial charge in [-0.25, -0.2) is 4.98 Å². The second kappa shape index (κ2) is 6.61. The Morgan fingerprint density at radius 3 is 3.04 bits per heavy atom. The number of hydrogen-bond donors (Lipinski definition) is 1. The van der Waals surface area contributed by atoms with Crippen molar-refractivity contribution in [3.8, 4) is 0 Å². The first-order valence-electron chi connectivity index (χ1n) is 8.51. The highest BCUT2D eigenvalue weighted by Gasteiger charge is 2.29. The molecule has 0 radical (unpaired) electrons. The van der Waals surface area contributed by atoms with Gasteiger partial charge in [-0.1, -0.05) is 11.6 Å². The zero-order chi connectivity index (χ0) is 16.5. The first-order valence-corrected chi connectivity index (χ1v) is 8.89. The van der Waals surface area contributed by atoms with Gasteiger partial charge in [-0.15, -0.1) is 0 Å². The Labute approximate surface area is 145 Å². The molecule has 2 saturated heterocycles. The molecule has 1 N–H and O–H groups in total. The Hall–Kier alpha value is -1.79. The SMILES string of the molecule is O=C([C@@H]1CCCO1)N1CCCN(c2cc(Cl)c3cc[nH]c3n2)CC1. The number of pyridine rings is 1. The second-order valence-electron chi connectivity index (χ2n) is 6.37. The van der Waals surface area contributed by atoms with Gasteiger partial charge < -0.3 is 19.5 Å². The number of aromatic nitrogens is 2. The number of amides is 1. The molecule has 1 atom stereocenters. The monoisotopic (exact) mass is 348 g/mol. The van der Waals surface area contributed by atoms with Gasteiger partial charge >= 0.3 is 0 Å². The summed E-state index contributed by atoms with van der Waals surface area (Å²) < 4.78 is 5.54. The molecule has 4 rings (SSSR count). The number of rotatable bonds is 2. The first-order chi connectivity index (χ1) is 11.7. The lowest BCUT2D eigenvalue weighted by atomic mass is 10.2. The number of nitrogens with zero attached hydrogens (tertiary/aromatic N) is 3. The van der Waals surface area contributed by atoms with E-state index in [0.717, 1.165) is 55.7 Å². The molecule has 24 heavy (non-hydrogen) atoms. The summed E-state index contributed by atoms with van der Waals surface area (Å²) in [5, 5.41) is 1.64. The molecule has 6 nitrogen and oxygen atoms in total. The summed E-state index contributed by atoms with van der Waals surface area (Å²) in [6, 6.07) is 3.84. The Bertz CT molecular complexity index is 741. The van der Waals surface area contributed by atoms with Crippen molar-refractivity contribution in [2.24, 2.45) is 0 Å². The number of ether oxygens (including phenoxy) is 1. The molecule has 0 unspecified atom stereocenters. The molecule has 128 valence electrons. The van der Waals surface area contributed by atoms with Crippen LogP contribution in [-0.2, 0) is 9.53 Å². The smallest absolute Gasteiger partial charge is 0.251 e. The van der Waals surface area contributed by atoms with E-state index in [1.54, 1.807) is 0 Å². The van der Waals surface area contributed by atoms with Crippen LogP contribution in [0.15, 0.2) is 18.3 Å². The summed E-state index contributed by atoms with van der Waals surface area (Å²) in [6.45, 7) is 3.79. The number of aromatic amines is 1. The lowest BCUT2D eigenvalue weighted by molar-refractivity contribution is -0.140. The third-order valence-corrected chi connectivity index (χ3v) is 5.11. The summed E-state index contributed by atoms with van der Waals surface area (Å²) in [5.41, 5.74) is 0.800. The zero-order valence-corrected chi connectivity index (χ0v) is 14.3. The predicted octanol–water partition coefficient (Wildman–Crippen LogP) is 2.43. The van der Waals surface area contributed by atoms with Crippen molar-refractivity contribution in [3.63, 3.8) is 0 Å². The first kappa shape index (κ1) is 15.7. The van der Waals surface area contributed by atoms with Crippen LogP contribution in [0.4, 0.5) is 5.82 Å². The van der Waals surface area contributed by atoms with Gasteiger partial charge in [0, 0.05) is 50.4 Å². The van der Waals surface area contributed by atoms with E-state index in [1.165, 1.54) is 0 Å². The van der Waals surface area contributed by atoms with Gasteiger partial charge in [0.15, 0.2) is 0 Å². The number of carbonyl (C=O) groups excluding carboxylic acids is 1. The van der Waals surface area contributed by atoms with Gasteiger partial charge in [0.1, 0.15) is 17.6 Å². The van der Waals surface area contributed by atoms with Crippen molar-refractivity contribution in [1.82, 2.24) is 14.9 Å².